The largest absolute Gasteiger partial charge is 0.381 e. The molecule has 2 heterocycles. The van der Waals surface area contributed by atoms with Crippen molar-refractivity contribution in [3.63, 3.8) is 0 Å². The molecule has 0 radical (unpaired) electrons. The van der Waals surface area contributed by atoms with E-state index in [0.29, 0.717) is 6.04 Å². The molecule has 2 aliphatic heterocycles. The van der Waals surface area contributed by atoms with Crippen LogP contribution >= 0.6 is 0 Å². The Morgan fingerprint density at radius 2 is 2.24 bits per heavy atom. The Morgan fingerprint density at radius 3 is 3.00 bits per heavy atom. The van der Waals surface area contributed by atoms with Gasteiger partial charge in [0, 0.05) is 36.8 Å². The smallest absolute Gasteiger partial charge is 0.0551 e. The average molecular weight is 288 g/mol. The minimum atomic E-state index is 0.264. The summed E-state index contributed by atoms with van der Waals surface area (Å²) < 4.78 is 5.85. The standard InChI is InChI=1S/C18H28N2O/c1-3-19-12-18(9-6-10-21-14-18)13-20-15(2)11-16-7-4-5-8-17(16)20/h4-5,7-8,15,19H,3,6,9-14H2,1-2H3. The van der Waals surface area contributed by atoms with Crippen LogP contribution in [-0.2, 0) is 11.2 Å². The molecule has 2 unspecified atom stereocenters. The monoisotopic (exact) mass is 288 g/mol. The molecule has 0 amide bonds. The second-order valence-corrected chi connectivity index (χ2v) is 6.75. The molecular formula is C18H28N2O. The lowest BCUT2D eigenvalue weighted by atomic mass is 9.81. The van der Waals surface area contributed by atoms with E-state index in [9.17, 15) is 0 Å². The SMILES string of the molecule is CCNCC1(CN2c3ccccc3CC2C)CCCOC1. The second kappa shape index (κ2) is 6.37. The van der Waals surface area contributed by atoms with Crippen molar-refractivity contribution in [1.29, 1.82) is 0 Å². The Bertz CT molecular complexity index is 468. The number of hydrogen-bond acceptors (Lipinski definition) is 3. The summed E-state index contributed by atoms with van der Waals surface area (Å²) >= 11 is 0. The Hall–Kier alpha value is -1.06. The molecule has 1 aromatic carbocycles. The van der Waals surface area contributed by atoms with Crippen LogP contribution in [0.4, 0.5) is 5.69 Å². The van der Waals surface area contributed by atoms with Crippen LogP contribution in [0.1, 0.15) is 32.3 Å². The molecule has 0 spiro atoms. The van der Waals surface area contributed by atoms with Crippen LogP contribution in [0, 0.1) is 5.41 Å². The summed E-state index contributed by atoms with van der Waals surface area (Å²) in [6, 6.07) is 9.48. The maximum absolute atomic E-state index is 5.85. The van der Waals surface area contributed by atoms with Gasteiger partial charge in [-0.25, -0.2) is 0 Å². The number of hydrogen-bond donors (Lipinski definition) is 1. The second-order valence-electron chi connectivity index (χ2n) is 6.75. The third kappa shape index (κ3) is 3.09. The summed E-state index contributed by atoms with van der Waals surface area (Å²) in [7, 11) is 0. The zero-order valence-corrected chi connectivity index (χ0v) is 13.4. The van der Waals surface area contributed by atoms with Gasteiger partial charge in [0.2, 0.25) is 0 Å². The van der Waals surface area contributed by atoms with Crippen LogP contribution in [0.5, 0.6) is 0 Å². The number of nitrogens with one attached hydrogen (secondary N) is 1. The number of benzene rings is 1. The molecule has 0 aromatic heterocycles. The van der Waals surface area contributed by atoms with Crippen LogP contribution < -0.4 is 10.2 Å². The van der Waals surface area contributed by atoms with Gasteiger partial charge >= 0.3 is 0 Å². The fourth-order valence-corrected chi connectivity index (χ4v) is 3.85. The van der Waals surface area contributed by atoms with Crippen molar-refractivity contribution in [1.82, 2.24) is 5.32 Å². The maximum atomic E-state index is 5.85. The van der Waals surface area contributed by atoms with Crippen molar-refractivity contribution in [3.8, 4) is 0 Å². The predicted octanol–water partition coefficient (Wildman–Crippen LogP) is 2.84. The van der Waals surface area contributed by atoms with Crippen LogP contribution in [0.25, 0.3) is 0 Å². The third-order valence-corrected chi connectivity index (χ3v) is 5.01. The highest BCUT2D eigenvalue weighted by atomic mass is 16.5. The van der Waals surface area contributed by atoms with Crippen molar-refractivity contribution in [2.75, 3.05) is 37.7 Å². The van der Waals surface area contributed by atoms with E-state index in [1.807, 2.05) is 0 Å². The summed E-state index contributed by atoms with van der Waals surface area (Å²) in [6.45, 7) is 9.57. The molecule has 2 atom stereocenters. The lowest BCUT2D eigenvalue weighted by Gasteiger charge is -2.42. The first-order chi connectivity index (χ1) is 10.2. The normalized spacial score (nSPS) is 28.7. The molecule has 2 aliphatic rings. The molecule has 1 aromatic rings. The van der Waals surface area contributed by atoms with Gasteiger partial charge in [0.1, 0.15) is 0 Å². The zero-order valence-electron chi connectivity index (χ0n) is 13.4. The minimum Gasteiger partial charge on any atom is -0.381 e. The quantitative estimate of drug-likeness (QED) is 0.901. The van der Waals surface area contributed by atoms with Gasteiger partial charge in [-0.05, 0) is 44.4 Å². The first-order valence-corrected chi connectivity index (χ1v) is 8.37. The Kier molecular flexibility index (Phi) is 4.51. The number of ether oxygens (including phenoxy) is 1. The highest BCUT2D eigenvalue weighted by Crippen LogP contribution is 2.37. The van der Waals surface area contributed by atoms with Gasteiger partial charge in [0.15, 0.2) is 0 Å². The van der Waals surface area contributed by atoms with Crippen molar-refractivity contribution >= 4 is 5.69 Å². The molecule has 1 N–H and O–H groups in total. The highest BCUT2D eigenvalue weighted by Gasteiger charge is 2.38. The van der Waals surface area contributed by atoms with Gasteiger partial charge in [0.05, 0.1) is 6.61 Å². The van der Waals surface area contributed by atoms with Gasteiger partial charge < -0.3 is 15.0 Å². The Balaban J connectivity index is 1.79. The zero-order chi connectivity index (χ0) is 14.7. The van der Waals surface area contributed by atoms with E-state index in [1.54, 1.807) is 0 Å². The molecule has 1 fully saturated rings. The lowest BCUT2D eigenvalue weighted by molar-refractivity contribution is -0.00346. The van der Waals surface area contributed by atoms with Gasteiger partial charge in [-0.3, -0.25) is 0 Å². The fourth-order valence-electron chi connectivity index (χ4n) is 3.85. The molecule has 0 aliphatic carbocycles. The summed E-state index contributed by atoms with van der Waals surface area (Å²) in [5.74, 6) is 0. The predicted molar refractivity (Wildman–Crippen MR) is 88.0 cm³/mol. The Morgan fingerprint density at radius 1 is 1.38 bits per heavy atom. The van der Waals surface area contributed by atoms with Crippen molar-refractivity contribution < 1.29 is 4.74 Å². The van der Waals surface area contributed by atoms with E-state index in [0.717, 1.165) is 32.8 Å². The maximum Gasteiger partial charge on any atom is 0.0551 e. The number of nitrogens with zero attached hydrogens (tertiary/aromatic N) is 1. The number of fused-ring (bicyclic) bond motifs is 1. The minimum absolute atomic E-state index is 0.264. The molecule has 0 saturated carbocycles. The molecule has 3 rings (SSSR count). The topological polar surface area (TPSA) is 24.5 Å². The molecule has 3 heteroatoms. The van der Waals surface area contributed by atoms with E-state index in [4.69, 9.17) is 4.74 Å². The van der Waals surface area contributed by atoms with Crippen molar-refractivity contribution in [3.05, 3.63) is 29.8 Å². The van der Waals surface area contributed by atoms with Crippen LogP contribution in [0.3, 0.4) is 0 Å². The van der Waals surface area contributed by atoms with Gasteiger partial charge in [-0.2, -0.15) is 0 Å². The van der Waals surface area contributed by atoms with E-state index >= 15 is 0 Å². The number of rotatable bonds is 5. The fraction of sp³-hybridized carbons (Fsp3) is 0.667. The van der Waals surface area contributed by atoms with Crippen molar-refractivity contribution in [2.45, 2.75) is 39.2 Å². The average Bonchev–Trinajstić information content (AvgIpc) is 2.82. The van der Waals surface area contributed by atoms with Crippen molar-refractivity contribution in [2.24, 2.45) is 5.41 Å². The number of anilines is 1. The van der Waals surface area contributed by atoms with Crippen LogP contribution in [-0.4, -0.2) is 38.9 Å². The summed E-state index contributed by atoms with van der Waals surface area (Å²) in [6.07, 6.45) is 3.63. The van der Waals surface area contributed by atoms with E-state index < -0.39 is 0 Å². The lowest BCUT2D eigenvalue weighted by Crippen LogP contribution is -2.50. The Labute approximate surface area is 128 Å². The molecule has 21 heavy (non-hydrogen) atoms. The first-order valence-electron chi connectivity index (χ1n) is 8.37. The molecule has 1 saturated heterocycles. The molecule has 0 bridgehead atoms. The van der Waals surface area contributed by atoms with Gasteiger partial charge in [-0.15, -0.1) is 0 Å². The number of para-hydroxylation sites is 1. The highest BCUT2D eigenvalue weighted by molar-refractivity contribution is 5.59. The summed E-state index contributed by atoms with van der Waals surface area (Å²) in [4.78, 5) is 2.61. The van der Waals surface area contributed by atoms with Gasteiger partial charge in [-0.1, -0.05) is 25.1 Å². The molecule has 3 nitrogen and oxygen atoms in total. The molecular weight excluding hydrogens is 260 g/mol. The first kappa shape index (κ1) is 14.9. The summed E-state index contributed by atoms with van der Waals surface area (Å²) in [5, 5.41) is 3.56. The van der Waals surface area contributed by atoms with E-state index in [1.165, 1.54) is 30.5 Å². The third-order valence-electron chi connectivity index (χ3n) is 5.01. The van der Waals surface area contributed by atoms with E-state index in [-0.39, 0.29) is 5.41 Å². The van der Waals surface area contributed by atoms with Gasteiger partial charge in [0.25, 0.3) is 0 Å². The van der Waals surface area contributed by atoms with Crippen LogP contribution in [0.15, 0.2) is 24.3 Å². The van der Waals surface area contributed by atoms with E-state index in [2.05, 4.69) is 48.3 Å². The summed E-state index contributed by atoms with van der Waals surface area (Å²) in [5.41, 5.74) is 3.20. The van der Waals surface area contributed by atoms with Crippen LogP contribution in [0.2, 0.25) is 0 Å². The molecule has 116 valence electrons.